The highest BCUT2D eigenvalue weighted by Crippen LogP contribution is 2.23. The van der Waals surface area contributed by atoms with E-state index < -0.39 is 6.43 Å². The van der Waals surface area contributed by atoms with Crippen LogP contribution in [-0.4, -0.2) is 12.3 Å². The maximum atomic E-state index is 12.3. The van der Waals surface area contributed by atoms with Crippen molar-refractivity contribution in [1.29, 1.82) is 0 Å². The molecule has 0 radical (unpaired) electrons. The second-order valence-electron chi connectivity index (χ2n) is 3.51. The molecule has 1 aliphatic rings. The first-order chi connectivity index (χ1) is 7.25. The quantitative estimate of drug-likeness (QED) is 0.553. The van der Waals surface area contributed by atoms with Gasteiger partial charge in [-0.2, -0.15) is 0 Å². The van der Waals surface area contributed by atoms with E-state index in [1.807, 2.05) is 0 Å². The van der Waals surface area contributed by atoms with Crippen LogP contribution in [0, 0.1) is 0 Å². The van der Waals surface area contributed by atoms with Crippen molar-refractivity contribution in [2.45, 2.75) is 25.4 Å². The van der Waals surface area contributed by atoms with Crippen LogP contribution in [0.25, 0.3) is 0 Å². The molecule has 0 bridgehead atoms. The second kappa shape index (κ2) is 4.38. The molecule has 2 rings (SSSR count). The van der Waals surface area contributed by atoms with Crippen molar-refractivity contribution < 1.29 is 13.6 Å². The van der Waals surface area contributed by atoms with Crippen LogP contribution in [-0.2, 0) is 4.84 Å². The Balaban J connectivity index is 2.00. The van der Waals surface area contributed by atoms with Crippen LogP contribution >= 0.6 is 0 Å². The highest BCUT2D eigenvalue weighted by Gasteiger charge is 2.23. The van der Waals surface area contributed by atoms with Crippen LogP contribution in [0.2, 0.25) is 0 Å². The molecule has 2 nitrogen and oxygen atoms in total. The average molecular weight is 211 g/mol. The fourth-order valence-electron chi connectivity index (χ4n) is 1.13. The summed E-state index contributed by atoms with van der Waals surface area (Å²) < 4.78 is 24.7. The van der Waals surface area contributed by atoms with Gasteiger partial charge in [-0.15, -0.1) is 0 Å². The number of halogens is 2. The summed E-state index contributed by atoms with van der Waals surface area (Å²) in [6.07, 6.45) is 1.33. The molecular formula is C11H11F2NO. The third-order valence-electron chi connectivity index (χ3n) is 2.10. The molecule has 4 heteroatoms. The third-order valence-corrected chi connectivity index (χ3v) is 2.10. The van der Waals surface area contributed by atoms with Gasteiger partial charge in [-0.05, 0) is 24.5 Å². The van der Waals surface area contributed by atoms with Crippen LogP contribution < -0.4 is 0 Å². The molecule has 1 aliphatic carbocycles. The fraction of sp³-hybridized carbons (Fsp3) is 0.364. The molecule has 0 spiro atoms. The Hall–Kier alpha value is -1.45. The van der Waals surface area contributed by atoms with Crippen LogP contribution in [0.4, 0.5) is 8.78 Å². The second-order valence-corrected chi connectivity index (χ2v) is 3.51. The maximum Gasteiger partial charge on any atom is 0.263 e. The Bertz CT molecular complexity index is 361. The molecule has 0 aliphatic heterocycles. The van der Waals surface area contributed by atoms with Crippen molar-refractivity contribution in [3.8, 4) is 0 Å². The van der Waals surface area contributed by atoms with E-state index in [1.54, 1.807) is 12.1 Å². The van der Waals surface area contributed by atoms with Gasteiger partial charge in [0.15, 0.2) is 0 Å². The van der Waals surface area contributed by atoms with Gasteiger partial charge < -0.3 is 4.84 Å². The van der Waals surface area contributed by atoms with E-state index >= 15 is 0 Å². The van der Waals surface area contributed by atoms with Crippen molar-refractivity contribution in [1.82, 2.24) is 0 Å². The number of oxime groups is 1. The lowest BCUT2D eigenvalue weighted by atomic mass is 10.1. The Labute approximate surface area is 86.5 Å². The number of nitrogens with zero attached hydrogens (tertiary/aromatic N) is 1. The first-order valence-corrected chi connectivity index (χ1v) is 4.83. The molecule has 1 aromatic rings. The van der Waals surface area contributed by atoms with Crippen molar-refractivity contribution >= 4 is 6.21 Å². The summed E-state index contributed by atoms with van der Waals surface area (Å²) in [6.45, 7) is 0. The molecule has 1 saturated carbocycles. The molecule has 0 N–H and O–H groups in total. The number of rotatable bonds is 4. The minimum Gasteiger partial charge on any atom is -0.392 e. The van der Waals surface area contributed by atoms with Gasteiger partial charge in [-0.3, -0.25) is 0 Å². The Morgan fingerprint density at radius 1 is 1.40 bits per heavy atom. The van der Waals surface area contributed by atoms with Gasteiger partial charge in [0.2, 0.25) is 0 Å². The zero-order chi connectivity index (χ0) is 10.7. The maximum absolute atomic E-state index is 12.3. The predicted molar refractivity (Wildman–Crippen MR) is 53.1 cm³/mol. The Morgan fingerprint density at radius 3 is 2.87 bits per heavy atom. The summed E-state index contributed by atoms with van der Waals surface area (Å²) in [7, 11) is 0. The zero-order valence-electron chi connectivity index (χ0n) is 8.07. The highest BCUT2D eigenvalue weighted by molar-refractivity contribution is 5.79. The minimum atomic E-state index is -2.44. The summed E-state index contributed by atoms with van der Waals surface area (Å²) in [5, 5.41) is 3.73. The molecule has 0 atom stereocenters. The van der Waals surface area contributed by atoms with E-state index in [0.717, 1.165) is 12.8 Å². The lowest BCUT2D eigenvalue weighted by Crippen LogP contribution is -1.89. The predicted octanol–water partition coefficient (Wildman–Crippen LogP) is 3.14. The number of alkyl halides is 2. The highest BCUT2D eigenvalue weighted by atomic mass is 19.3. The summed E-state index contributed by atoms with van der Waals surface area (Å²) in [5.41, 5.74) is 0.638. The fourth-order valence-corrected chi connectivity index (χ4v) is 1.13. The molecule has 0 aromatic heterocycles. The van der Waals surface area contributed by atoms with Gasteiger partial charge in [0, 0.05) is 5.56 Å². The molecule has 0 amide bonds. The number of hydrogen-bond donors (Lipinski definition) is 0. The zero-order valence-corrected chi connectivity index (χ0v) is 8.07. The smallest absolute Gasteiger partial charge is 0.263 e. The Kier molecular flexibility index (Phi) is 2.94. The van der Waals surface area contributed by atoms with Gasteiger partial charge in [0.05, 0.1) is 6.21 Å². The molecular weight excluding hydrogens is 200 g/mol. The van der Waals surface area contributed by atoms with Gasteiger partial charge in [0.1, 0.15) is 6.10 Å². The average Bonchev–Trinajstić information content (AvgIpc) is 3.02. The standard InChI is InChI=1S/C11H11F2NO/c12-11(13)9-3-1-2-8(6-9)7-14-15-10-4-5-10/h1-3,6-7,10-11H,4-5H2. The van der Waals surface area contributed by atoms with Crippen molar-refractivity contribution in [3.05, 3.63) is 35.4 Å². The molecule has 0 saturated heterocycles. The first-order valence-electron chi connectivity index (χ1n) is 4.83. The van der Waals surface area contributed by atoms with Crippen LogP contribution in [0.15, 0.2) is 29.4 Å². The van der Waals surface area contributed by atoms with Gasteiger partial charge >= 0.3 is 0 Å². The minimum absolute atomic E-state index is 0.00497. The summed E-state index contributed by atoms with van der Waals surface area (Å²) in [5.74, 6) is 0. The van der Waals surface area contributed by atoms with E-state index in [-0.39, 0.29) is 11.7 Å². The van der Waals surface area contributed by atoms with E-state index in [2.05, 4.69) is 5.16 Å². The first kappa shape index (κ1) is 10.1. The van der Waals surface area contributed by atoms with Crippen LogP contribution in [0.1, 0.15) is 30.4 Å². The molecule has 15 heavy (non-hydrogen) atoms. The van der Waals surface area contributed by atoms with E-state index in [4.69, 9.17) is 4.84 Å². The molecule has 80 valence electrons. The van der Waals surface area contributed by atoms with E-state index in [1.165, 1.54) is 18.3 Å². The third kappa shape index (κ3) is 3.01. The summed E-state index contributed by atoms with van der Waals surface area (Å²) in [4.78, 5) is 5.04. The van der Waals surface area contributed by atoms with Gasteiger partial charge in [0.25, 0.3) is 6.43 Å². The monoisotopic (exact) mass is 211 g/mol. The lowest BCUT2D eigenvalue weighted by Gasteiger charge is -2.00. The van der Waals surface area contributed by atoms with Crippen molar-refractivity contribution in [2.24, 2.45) is 5.16 Å². The van der Waals surface area contributed by atoms with E-state index in [9.17, 15) is 8.78 Å². The number of hydrogen-bond acceptors (Lipinski definition) is 2. The van der Waals surface area contributed by atoms with Crippen molar-refractivity contribution in [2.75, 3.05) is 0 Å². The van der Waals surface area contributed by atoms with E-state index in [0.29, 0.717) is 5.56 Å². The largest absolute Gasteiger partial charge is 0.392 e. The summed E-state index contributed by atoms with van der Waals surface area (Å²) >= 11 is 0. The lowest BCUT2D eigenvalue weighted by molar-refractivity contribution is 0.130. The van der Waals surface area contributed by atoms with Gasteiger partial charge in [-0.1, -0.05) is 23.4 Å². The molecule has 0 heterocycles. The molecule has 0 unspecified atom stereocenters. The summed E-state index contributed by atoms with van der Waals surface area (Å²) in [6, 6.07) is 6.10. The normalized spacial score (nSPS) is 16.2. The SMILES string of the molecule is FC(F)c1cccc(C=NOC2CC2)c1. The molecule has 1 fully saturated rings. The topological polar surface area (TPSA) is 21.6 Å². The molecule has 1 aromatic carbocycles. The van der Waals surface area contributed by atoms with Gasteiger partial charge in [-0.25, -0.2) is 8.78 Å². The Morgan fingerprint density at radius 2 is 2.20 bits per heavy atom. The van der Waals surface area contributed by atoms with Crippen LogP contribution in [0.3, 0.4) is 0 Å². The van der Waals surface area contributed by atoms with Crippen molar-refractivity contribution in [3.63, 3.8) is 0 Å². The number of benzene rings is 1. The van der Waals surface area contributed by atoms with Crippen LogP contribution in [0.5, 0.6) is 0 Å².